The monoisotopic (exact) mass is 353 g/mol. The Morgan fingerprint density at radius 3 is 2.33 bits per heavy atom. The lowest BCUT2D eigenvalue weighted by atomic mass is 10.1. The lowest BCUT2D eigenvalue weighted by Crippen LogP contribution is -2.40. The van der Waals surface area contributed by atoms with Gasteiger partial charge in [0.15, 0.2) is 0 Å². The summed E-state index contributed by atoms with van der Waals surface area (Å²) in [5.41, 5.74) is 6.38. The number of nitrogens with two attached hydrogens (primary N) is 1. The molecule has 0 spiro atoms. The summed E-state index contributed by atoms with van der Waals surface area (Å²) in [5.74, 6) is -0.0282. The van der Waals surface area contributed by atoms with Gasteiger partial charge in [0.05, 0.1) is 11.3 Å². The quantitative estimate of drug-likeness (QED) is 0.833. The highest BCUT2D eigenvalue weighted by atomic mass is 32.2. The van der Waals surface area contributed by atoms with E-state index in [4.69, 9.17) is 5.73 Å². The lowest BCUT2D eigenvalue weighted by molar-refractivity contribution is -0.130. The molecule has 0 aliphatic carbocycles. The van der Waals surface area contributed by atoms with Crippen molar-refractivity contribution in [3.05, 3.63) is 29.8 Å². The van der Waals surface area contributed by atoms with Crippen LogP contribution in [0.3, 0.4) is 0 Å². The van der Waals surface area contributed by atoms with Crippen molar-refractivity contribution in [3.8, 4) is 0 Å². The van der Waals surface area contributed by atoms with E-state index >= 15 is 0 Å². The van der Waals surface area contributed by atoms with Gasteiger partial charge < -0.3 is 10.6 Å². The van der Waals surface area contributed by atoms with Gasteiger partial charge in [0.1, 0.15) is 0 Å². The first-order valence-corrected chi connectivity index (χ1v) is 9.85. The number of benzene rings is 1. The molecule has 2 N–H and O–H groups in total. The summed E-state index contributed by atoms with van der Waals surface area (Å²) in [6.45, 7) is 3.48. The Balaban J connectivity index is 2.06. The summed E-state index contributed by atoms with van der Waals surface area (Å²) in [6, 6.07) is 6.61. The maximum atomic E-state index is 12.6. The van der Waals surface area contributed by atoms with Crippen molar-refractivity contribution in [2.24, 2.45) is 5.73 Å². The maximum absolute atomic E-state index is 12.6. The first kappa shape index (κ1) is 18.9. The van der Waals surface area contributed by atoms with E-state index in [0.29, 0.717) is 24.5 Å². The number of carbonyl (C=O) groups excluding carboxylic acids is 1. The molecule has 134 valence electrons. The van der Waals surface area contributed by atoms with Gasteiger partial charge in [-0.3, -0.25) is 4.79 Å². The van der Waals surface area contributed by atoms with E-state index in [-0.39, 0.29) is 18.4 Å². The van der Waals surface area contributed by atoms with Crippen LogP contribution < -0.4 is 5.73 Å². The van der Waals surface area contributed by atoms with Gasteiger partial charge in [0, 0.05) is 32.7 Å². The number of piperidine rings is 1. The van der Waals surface area contributed by atoms with Crippen LogP contribution in [-0.4, -0.2) is 56.3 Å². The fraction of sp³-hybridized carbons (Fsp3) is 0.588. The number of amides is 1. The highest BCUT2D eigenvalue weighted by Crippen LogP contribution is 2.21. The van der Waals surface area contributed by atoms with E-state index in [1.165, 1.54) is 0 Å². The maximum Gasteiger partial charge on any atom is 0.243 e. The van der Waals surface area contributed by atoms with Crippen molar-refractivity contribution in [1.82, 2.24) is 9.21 Å². The van der Waals surface area contributed by atoms with Crippen LogP contribution in [0.1, 0.15) is 31.7 Å². The molecule has 1 heterocycles. The average Bonchev–Trinajstić information content (AvgIpc) is 2.61. The molecular weight excluding hydrogens is 326 g/mol. The molecule has 0 radical (unpaired) electrons. The third-order valence-corrected chi connectivity index (χ3v) is 6.54. The van der Waals surface area contributed by atoms with E-state index in [1.807, 2.05) is 6.92 Å². The number of rotatable bonds is 6. The molecule has 1 aromatic carbocycles. The zero-order valence-electron chi connectivity index (χ0n) is 14.4. The number of hydrogen-bond acceptors (Lipinski definition) is 4. The SMILES string of the molecule is CC(CN)N(C)C(=O)Cc1ccc(S(=O)(=O)N2CCCCC2)cc1. The van der Waals surface area contributed by atoms with Crippen molar-refractivity contribution < 1.29 is 13.2 Å². The van der Waals surface area contributed by atoms with Crippen molar-refractivity contribution in [2.45, 2.75) is 43.5 Å². The van der Waals surface area contributed by atoms with Gasteiger partial charge >= 0.3 is 0 Å². The highest BCUT2D eigenvalue weighted by molar-refractivity contribution is 7.89. The molecule has 2 rings (SSSR count). The minimum absolute atomic E-state index is 0.0174. The molecule has 1 amide bonds. The fourth-order valence-electron chi connectivity index (χ4n) is 2.74. The molecule has 1 unspecified atom stereocenters. The minimum atomic E-state index is -3.42. The number of sulfonamides is 1. The van der Waals surface area contributed by atoms with Gasteiger partial charge in [-0.25, -0.2) is 8.42 Å². The molecule has 24 heavy (non-hydrogen) atoms. The van der Waals surface area contributed by atoms with E-state index in [0.717, 1.165) is 24.8 Å². The van der Waals surface area contributed by atoms with Crippen LogP contribution in [0.4, 0.5) is 0 Å². The van der Waals surface area contributed by atoms with Crippen molar-refractivity contribution in [1.29, 1.82) is 0 Å². The lowest BCUT2D eigenvalue weighted by Gasteiger charge is -2.26. The average molecular weight is 353 g/mol. The summed E-state index contributed by atoms with van der Waals surface area (Å²) < 4.78 is 26.7. The highest BCUT2D eigenvalue weighted by Gasteiger charge is 2.25. The summed E-state index contributed by atoms with van der Waals surface area (Å²) in [7, 11) is -1.69. The van der Waals surface area contributed by atoms with E-state index in [1.54, 1.807) is 40.5 Å². The van der Waals surface area contributed by atoms with Crippen LogP contribution in [0, 0.1) is 0 Å². The molecule has 1 aliphatic rings. The third kappa shape index (κ3) is 4.34. The normalized spacial score (nSPS) is 17.5. The molecule has 1 aliphatic heterocycles. The van der Waals surface area contributed by atoms with Crippen LogP contribution in [0.2, 0.25) is 0 Å². The van der Waals surface area contributed by atoms with Crippen LogP contribution in [-0.2, 0) is 21.2 Å². The second kappa shape index (κ2) is 8.09. The minimum Gasteiger partial charge on any atom is -0.341 e. The Morgan fingerprint density at radius 1 is 1.21 bits per heavy atom. The Kier molecular flexibility index (Phi) is 6.37. The zero-order chi connectivity index (χ0) is 17.7. The van der Waals surface area contributed by atoms with Crippen molar-refractivity contribution >= 4 is 15.9 Å². The number of nitrogens with zero attached hydrogens (tertiary/aromatic N) is 2. The van der Waals surface area contributed by atoms with Gasteiger partial charge in [0.2, 0.25) is 15.9 Å². The Labute approximate surface area is 144 Å². The second-order valence-electron chi connectivity index (χ2n) is 6.37. The van der Waals surface area contributed by atoms with E-state index in [2.05, 4.69) is 0 Å². The van der Waals surface area contributed by atoms with Gasteiger partial charge in [-0.1, -0.05) is 18.6 Å². The first-order chi connectivity index (χ1) is 11.4. The second-order valence-corrected chi connectivity index (χ2v) is 8.31. The van der Waals surface area contributed by atoms with Crippen molar-refractivity contribution in [2.75, 3.05) is 26.7 Å². The molecule has 0 bridgehead atoms. The molecule has 1 aromatic rings. The van der Waals surface area contributed by atoms with Gasteiger partial charge in [-0.05, 0) is 37.5 Å². The topological polar surface area (TPSA) is 83.7 Å². The molecule has 1 saturated heterocycles. The van der Waals surface area contributed by atoms with Crippen LogP contribution in [0.5, 0.6) is 0 Å². The van der Waals surface area contributed by atoms with Gasteiger partial charge in [0.25, 0.3) is 0 Å². The van der Waals surface area contributed by atoms with Crippen LogP contribution in [0.25, 0.3) is 0 Å². The van der Waals surface area contributed by atoms with Crippen LogP contribution >= 0.6 is 0 Å². The molecule has 0 saturated carbocycles. The standard InChI is InChI=1S/C17H27N3O3S/c1-14(13-18)19(2)17(21)12-15-6-8-16(9-7-15)24(22,23)20-10-4-3-5-11-20/h6-9,14H,3-5,10-13,18H2,1-2H3. The number of likely N-dealkylation sites (N-methyl/N-ethyl adjacent to an activating group) is 1. The van der Waals surface area contributed by atoms with E-state index in [9.17, 15) is 13.2 Å². The summed E-state index contributed by atoms with van der Waals surface area (Å²) >= 11 is 0. The fourth-order valence-corrected chi connectivity index (χ4v) is 4.25. The summed E-state index contributed by atoms with van der Waals surface area (Å²) in [5, 5.41) is 0. The molecule has 1 atom stereocenters. The molecule has 7 heteroatoms. The van der Waals surface area contributed by atoms with Gasteiger partial charge in [-0.2, -0.15) is 4.31 Å². The predicted octanol–water partition coefficient (Wildman–Crippen LogP) is 1.21. The Morgan fingerprint density at radius 2 is 1.79 bits per heavy atom. The van der Waals surface area contributed by atoms with E-state index < -0.39 is 10.0 Å². The predicted molar refractivity (Wildman–Crippen MR) is 94.0 cm³/mol. The van der Waals surface area contributed by atoms with Crippen LogP contribution in [0.15, 0.2) is 29.2 Å². The summed E-state index contributed by atoms with van der Waals surface area (Å²) in [4.78, 5) is 14.1. The largest absolute Gasteiger partial charge is 0.341 e. The Bertz CT molecular complexity index is 652. The van der Waals surface area contributed by atoms with Gasteiger partial charge in [-0.15, -0.1) is 0 Å². The smallest absolute Gasteiger partial charge is 0.243 e. The third-order valence-electron chi connectivity index (χ3n) is 4.63. The zero-order valence-corrected chi connectivity index (χ0v) is 15.3. The number of hydrogen-bond donors (Lipinski definition) is 1. The molecule has 0 aromatic heterocycles. The van der Waals surface area contributed by atoms with Crippen molar-refractivity contribution in [3.63, 3.8) is 0 Å². The molecule has 6 nitrogen and oxygen atoms in total. The first-order valence-electron chi connectivity index (χ1n) is 8.41. The Hall–Kier alpha value is -1.44. The molecule has 1 fully saturated rings. The molecular formula is C17H27N3O3S. The number of carbonyl (C=O) groups is 1. The summed E-state index contributed by atoms with van der Waals surface area (Å²) in [6.07, 6.45) is 3.15.